The van der Waals surface area contributed by atoms with Crippen LogP contribution in [-0.4, -0.2) is 38.0 Å². The van der Waals surface area contributed by atoms with Crippen molar-refractivity contribution in [3.05, 3.63) is 35.9 Å². The zero-order valence-corrected chi connectivity index (χ0v) is 17.0. The molecule has 6 heteroatoms. The second-order valence-electron chi connectivity index (χ2n) is 6.87. The van der Waals surface area contributed by atoms with Crippen molar-refractivity contribution in [3.63, 3.8) is 0 Å². The number of unbranched alkanes of at least 4 members (excludes halogenated alkanes) is 2. The van der Waals surface area contributed by atoms with Crippen molar-refractivity contribution in [2.45, 2.75) is 58.5 Å². The van der Waals surface area contributed by atoms with E-state index in [-0.39, 0.29) is 25.0 Å². The average molecular weight is 392 g/mol. The van der Waals surface area contributed by atoms with E-state index in [1.54, 1.807) is 7.11 Å². The third kappa shape index (κ3) is 11.5. The van der Waals surface area contributed by atoms with E-state index in [9.17, 15) is 14.4 Å². The summed E-state index contributed by atoms with van der Waals surface area (Å²) in [7, 11) is 1.65. The van der Waals surface area contributed by atoms with Gasteiger partial charge in [0.1, 0.15) is 19.0 Å². The van der Waals surface area contributed by atoms with Gasteiger partial charge in [0.15, 0.2) is 0 Å². The van der Waals surface area contributed by atoms with E-state index in [2.05, 4.69) is 0 Å². The van der Waals surface area contributed by atoms with Gasteiger partial charge in [0.05, 0.1) is 5.92 Å². The van der Waals surface area contributed by atoms with Gasteiger partial charge in [-0.25, -0.2) is 0 Å². The van der Waals surface area contributed by atoms with Crippen molar-refractivity contribution >= 4 is 17.7 Å². The van der Waals surface area contributed by atoms with Crippen LogP contribution in [0.1, 0.15) is 57.4 Å². The molecule has 1 aromatic rings. The molecule has 0 amide bonds. The maximum atomic E-state index is 12.4. The number of ether oxygens (including phenoxy) is 3. The first-order valence-corrected chi connectivity index (χ1v) is 9.87. The summed E-state index contributed by atoms with van der Waals surface area (Å²) >= 11 is 0. The van der Waals surface area contributed by atoms with Crippen molar-refractivity contribution in [1.82, 2.24) is 0 Å². The van der Waals surface area contributed by atoms with Crippen LogP contribution in [0.15, 0.2) is 30.3 Å². The van der Waals surface area contributed by atoms with Crippen LogP contribution < -0.4 is 0 Å². The van der Waals surface area contributed by atoms with Gasteiger partial charge in [-0.1, -0.05) is 36.8 Å². The smallest absolute Gasteiger partial charge is 0.312 e. The van der Waals surface area contributed by atoms with Crippen molar-refractivity contribution in [2.24, 2.45) is 5.92 Å². The zero-order valence-electron chi connectivity index (χ0n) is 17.0. The molecule has 0 aliphatic rings. The standard InChI is InChI=1S/C22H32O6/c1-18(23)10-9-13-20(17-27-21(24)14-7-4-8-15-26-2)22(25)28-16-19-11-5-3-6-12-19/h3,5-6,11-12,20H,4,7-10,13-17H2,1-2H3. The molecule has 0 spiro atoms. The van der Waals surface area contributed by atoms with E-state index < -0.39 is 11.9 Å². The Hall–Kier alpha value is -2.21. The van der Waals surface area contributed by atoms with E-state index in [0.29, 0.717) is 32.3 Å². The molecular formula is C22H32O6. The van der Waals surface area contributed by atoms with E-state index >= 15 is 0 Å². The molecule has 6 nitrogen and oxygen atoms in total. The summed E-state index contributed by atoms with van der Waals surface area (Å²) in [4.78, 5) is 35.5. The summed E-state index contributed by atoms with van der Waals surface area (Å²) in [6.07, 6.45) is 4.27. The number of ketones is 1. The number of methoxy groups -OCH3 is 1. The lowest BCUT2D eigenvalue weighted by Gasteiger charge is -2.16. The van der Waals surface area contributed by atoms with Crippen LogP contribution in [0.2, 0.25) is 0 Å². The van der Waals surface area contributed by atoms with Gasteiger partial charge in [0.25, 0.3) is 0 Å². The van der Waals surface area contributed by atoms with Gasteiger partial charge in [-0.05, 0) is 38.2 Å². The predicted octanol–water partition coefficient (Wildman–Crippen LogP) is 3.86. The molecule has 1 unspecified atom stereocenters. The van der Waals surface area contributed by atoms with Crippen LogP contribution >= 0.6 is 0 Å². The van der Waals surface area contributed by atoms with Crippen LogP contribution in [0.5, 0.6) is 0 Å². The van der Waals surface area contributed by atoms with Crippen LogP contribution in [0.25, 0.3) is 0 Å². The summed E-state index contributed by atoms with van der Waals surface area (Å²) in [5, 5.41) is 0. The molecule has 0 aliphatic carbocycles. The molecule has 0 saturated heterocycles. The summed E-state index contributed by atoms with van der Waals surface area (Å²) in [6, 6.07) is 9.40. The highest BCUT2D eigenvalue weighted by molar-refractivity contribution is 5.76. The Bertz CT molecular complexity index is 584. The van der Waals surface area contributed by atoms with E-state index in [1.807, 2.05) is 30.3 Å². The quantitative estimate of drug-likeness (QED) is 0.333. The lowest BCUT2D eigenvalue weighted by atomic mass is 10.0. The number of benzene rings is 1. The van der Waals surface area contributed by atoms with Crippen LogP contribution in [0.3, 0.4) is 0 Å². The third-order valence-corrected chi connectivity index (χ3v) is 4.31. The molecule has 0 bridgehead atoms. The Labute approximate surface area is 167 Å². The molecule has 0 radical (unpaired) electrons. The molecule has 28 heavy (non-hydrogen) atoms. The summed E-state index contributed by atoms with van der Waals surface area (Å²) in [5.74, 6) is -1.20. The fourth-order valence-corrected chi connectivity index (χ4v) is 2.67. The van der Waals surface area contributed by atoms with Gasteiger partial charge >= 0.3 is 11.9 Å². The average Bonchev–Trinajstić information content (AvgIpc) is 2.69. The predicted molar refractivity (Wildman–Crippen MR) is 106 cm³/mol. The first kappa shape index (κ1) is 23.8. The fourth-order valence-electron chi connectivity index (χ4n) is 2.67. The largest absolute Gasteiger partial charge is 0.465 e. The molecule has 0 heterocycles. The van der Waals surface area contributed by atoms with Gasteiger partial charge in [0, 0.05) is 26.6 Å². The minimum absolute atomic E-state index is 0.0115. The third-order valence-electron chi connectivity index (χ3n) is 4.31. The number of Topliss-reactive ketones (excluding diaryl/α,β-unsaturated/α-hetero) is 1. The van der Waals surface area contributed by atoms with Crippen LogP contribution in [0.4, 0.5) is 0 Å². The molecule has 0 N–H and O–H groups in total. The second-order valence-corrected chi connectivity index (χ2v) is 6.87. The minimum atomic E-state index is -0.555. The summed E-state index contributed by atoms with van der Waals surface area (Å²) < 4.78 is 15.6. The fraction of sp³-hybridized carbons (Fsp3) is 0.591. The lowest BCUT2D eigenvalue weighted by Crippen LogP contribution is -2.24. The topological polar surface area (TPSA) is 78.9 Å². The second kappa shape index (κ2) is 14.8. The normalized spacial score (nSPS) is 11.6. The Kier molecular flexibility index (Phi) is 12.6. The number of rotatable bonds is 15. The summed E-state index contributed by atoms with van der Waals surface area (Å²) in [5.41, 5.74) is 0.895. The first-order chi connectivity index (χ1) is 13.5. The molecule has 1 atom stereocenters. The molecular weight excluding hydrogens is 360 g/mol. The number of hydrogen-bond donors (Lipinski definition) is 0. The van der Waals surface area contributed by atoms with Gasteiger partial charge in [-0.2, -0.15) is 0 Å². The maximum Gasteiger partial charge on any atom is 0.312 e. The van der Waals surface area contributed by atoms with E-state index in [4.69, 9.17) is 14.2 Å². The van der Waals surface area contributed by atoms with Crippen molar-refractivity contribution in [1.29, 1.82) is 0 Å². The molecule has 0 aliphatic heterocycles. The van der Waals surface area contributed by atoms with Crippen LogP contribution in [-0.2, 0) is 35.2 Å². The van der Waals surface area contributed by atoms with Crippen LogP contribution in [0, 0.1) is 5.92 Å². The van der Waals surface area contributed by atoms with Gasteiger partial charge in [-0.3, -0.25) is 9.59 Å². The molecule has 0 fully saturated rings. The number of carbonyl (C=O) groups excluding carboxylic acids is 3. The monoisotopic (exact) mass is 392 g/mol. The molecule has 0 saturated carbocycles. The number of hydrogen-bond acceptors (Lipinski definition) is 6. The van der Waals surface area contributed by atoms with Gasteiger partial charge < -0.3 is 19.0 Å². The van der Waals surface area contributed by atoms with Gasteiger partial charge in [0.2, 0.25) is 0 Å². The van der Waals surface area contributed by atoms with Crippen molar-refractivity contribution in [3.8, 4) is 0 Å². The van der Waals surface area contributed by atoms with Crippen molar-refractivity contribution < 1.29 is 28.6 Å². The maximum absolute atomic E-state index is 12.4. The number of carbonyl (C=O) groups is 3. The lowest BCUT2D eigenvalue weighted by molar-refractivity contribution is -0.156. The Morgan fingerprint density at radius 1 is 0.929 bits per heavy atom. The zero-order chi connectivity index (χ0) is 20.6. The Balaban J connectivity index is 2.43. The molecule has 156 valence electrons. The first-order valence-electron chi connectivity index (χ1n) is 9.87. The SMILES string of the molecule is COCCCCCC(=O)OCC(CCCC(C)=O)C(=O)OCc1ccccc1. The van der Waals surface area contributed by atoms with E-state index in [1.165, 1.54) is 6.92 Å². The number of esters is 2. The molecule has 1 aromatic carbocycles. The Morgan fingerprint density at radius 2 is 1.68 bits per heavy atom. The molecule has 1 rings (SSSR count). The molecule has 0 aromatic heterocycles. The Morgan fingerprint density at radius 3 is 2.36 bits per heavy atom. The highest BCUT2D eigenvalue weighted by atomic mass is 16.5. The van der Waals surface area contributed by atoms with Crippen molar-refractivity contribution in [2.75, 3.05) is 20.3 Å². The highest BCUT2D eigenvalue weighted by Crippen LogP contribution is 2.14. The van der Waals surface area contributed by atoms with E-state index in [0.717, 1.165) is 24.8 Å². The minimum Gasteiger partial charge on any atom is -0.465 e. The van der Waals surface area contributed by atoms with Gasteiger partial charge in [-0.15, -0.1) is 0 Å². The summed E-state index contributed by atoms with van der Waals surface area (Å²) in [6.45, 7) is 2.37. The highest BCUT2D eigenvalue weighted by Gasteiger charge is 2.22.